The molecule has 2 unspecified atom stereocenters. The van der Waals surface area contributed by atoms with Crippen molar-refractivity contribution in [2.75, 3.05) is 39.6 Å². The van der Waals surface area contributed by atoms with E-state index in [0.717, 1.165) is 109 Å². The second-order valence-corrected chi connectivity index (χ2v) is 27.4. The third kappa shape index (κ3) is 60.5. The average Bonchev–Trinajstić information content (AvgIpc) is 3.65. The Labute approximate surface area is 522 Å². The number of aliphatic hydroxyl groups excluding tert-OH is 1. The third-order valence-electron chi connectivity index (χ3n) is 14.8. The van der Waals surface area contributed by atoms with Crippen LogP contribution in [0.1, 0.15) is 311 Å². The summed E-state index contributed by atoms with van der Waals surface area (Å²) in [6.45, 7) is 9.33. The van der Waals surface area contributed by atoms with Gasteiger partial charge in [-0.15, -0.1) is 0 Å². The SMILES string of the molecule is CCCCCC/C=C\C=C/CCCCCCCC(=O)O[C@H](COC(=O)CCCCCCCCCCCCC(C)C)COP(=O)(O)OC[C@@H](O)COP(=O)(O)OC[C@@H](COC(=O)CCCCCCCCCCC)OC(=O)CCCCCCCCC(C)C. The van der Waals surface area contributed by atoms with E-state index in [9.17, 15) is 43.2 Å². The summed E-state index contributed by atoms with van der Waals surface area (Å²) in [6.07, 6.45) is 45.4. The number of phosphoric acid groups is 2. The number of hydrogen-bond donors (Lipinski definition) is 3. The summed E-state index contributed by atoms with van der Waals surface area (Å²) in [7, 11) is -9.90. The van der Waals surface area contributed by atoms with Gasteiger partial charge in [0.2, 0.25) is 0 Å². The predicted molar refractivity (Wildman–Crippen MR) is 344 cm³/mol. The van der Waals surface area contributed by atoms with Crippen LogP contribution in [0.3, 0.4) is 0 Å². The molecule has 19 heteroatoms. The molecular weight excluding hydrogens is 1140 g/mol. The predicted octanol–water partition coefficient (Wildman–Crippen LogP) is 18.4. The highest BCUT2D eigenvalue weighted by atomic mass is 31.2. The van der Waals surface area contributed by atoms with Crippen LogP contribution in [-0.4, -0.2) is 96.7 Å². The van der Waals surface area contributed by atoms with Gasteiger partial charge in [0, 0.05) is 25.7 Å². The van der Waals surface area contributed by atoms with Crippen molar-refractivity contribution in [3.63, 3.8) is 0 Å². The molecule has 0 saturated heterocycles. The van der Waals surface area contributed by atoms with Gasteiger partial charge in [-0.25, -0.2) is 9.13 Å². The Bertz CT molecular complexity index is 1780. The van der Waals surface area contributed by atoms with Gasteiger partial charge in [-0.05, 0) is 63.2 Å². The molecule has 5 atom stereocenters. The Morgan fingerprint density at radius 3 is 0.953 bits per heavy atom. The second-order valence-electron chi connectivity index (χ2n) is 24.5. The number of allylic oxidation sites excluding steroid dienone is 4. The van der Waals surface area contributed by atoms with Crippen molar-refractivity contribution in [3.05, 3.63) is 24.3 Å². The molecule has 3 N–H and O–H groups in total. The molecule has 0 aromatic carbocycles. The molecule has 0 amide bonds. The van der Waals surface area contributed by atoms with E-state index in [2.05, 4.69) is 65.8 Å². The Kier molecular flexibility index (Phi) is 57.2. The summed E-state index contributed by atoms with van der Waals surface area (Å²) < 4.78 is 68.0. The van der Waals surface area contributed by atoms with Crippen molar-refractivity contribution in [3.8, 4) is 0 Å². The van der Waals surface area contributed by atoms with Crippen LogP contribution in [0, 0.1) is 11.8 Å². The van der Waals surface area contributed by atoms with Crippen molar-refractivity contribution in [1.29, 1.82) is 0 Å². The number of hydrogen-bond acceptors (Lipinski definition) is 15. The summed E-state index contributed by atoms with van der Waals surface area (Å²) in [5.41, 5.74) is 0. The maximum Gasteiger partial charge on any atom is 0.472 e. The van der Waals surface area contributed by atoms with Crippen LogP contribution in [0.5, 0.6) is 0 Å². The standard InChI is InChI=1S/C67H126O17P2/c1-7-9-11-13-15-17-18-19-20-21-22-28-32-39-45-51-66(71)83-62(55-78-65(70)50-44-38-31-27-24-23-26-29-35-41-47-59(3)4)57-81-85(73,74)79-53-61(68)54-80-86(75,76)82-58-63(84-67(72)52-46-40-34-33-36-42-48-60(5)6)56-77-64(69)49-43-37-30-25-16-14-12-10-8-2/h17-20,59-63,68H,7-16,21-58H2,1-6H3,(H,73,74)(H,75,76)/b18-17-,20-19-/t61-,62-,63-/m1/s1. The first kappa shape index (κ1) is 83.5. The Morgan fingerprint density at radius 1 is 0.360 bits per heavy atom. The van der Waals surface area contributed by atoms with Gasteiger partial charge in [0.25, 0.3) is 0 Å². The third-order valence-corrected chi connectivity index (χ3v) is 16.7. The topological polar surface area (TPSA) is 237 Å². The molecular formula is C67H126O17P2. The van der Waals surface area contributed by atoms with E-state index in [0.29, 0.717) is 31.6 Å². The minimum Gasteiger partial charge on any atom is -0.462 e. The molecule has 0 aliphatic heterocycles. The molecule has 17 nitrogen and oxygen atoms in total. The molecule has 86 heavy (non-hydrogen) atoms. The lowest BCUT2D eigenvalue weighted by Gasteiger charge is -2.21. The van der Waals surface area contributed by atoms with Gasteiger partial charge < -0.3 is 33.8 Å². The van der Waals surface area contributed by atoms with Gasteiger partial charge in [-0.1, -0.05) is 258 Å². The largest absolute Gasteiger partial charge is 0.472 e. The number of aliphatic hydroxyl groups is 1. The molecule has 0 aromatic rings. The first-order valence-electron chi connectivity index (χ1n) is 34.3. The Hall–Kier alpha value is -2.46. The zero-order valence-electron chi connectivity index (χ0n) is 55.1. The van der Waals surface area contributed by atoms with E-state index in [1.807, 2.05) is 0 Å². The highest BCUT2D eigenvalue weighted by molar-refractivity contribution is 7.47. The van der Waals surface area contributed by atoms with Crippen LogP contribution in [0.15, 0.2) is 24.3 Å². The second kappa shape index (κ2) is 58.9. The summed E-state index contributed by atoms with van der Waals surface area (Å²) in [5, 5.41) is 10.5. The fourth-order valence-electron chi connectivity index (χ4n) is 9.52. The molecule has 0 aliphatic rings. The molecule has 0 rings (SSSR count). The summed E-state index contributed by atoms with van der Waals surface area (Å²) >= 11 is 0. The van der Waals surface area contributed by atoms with E-state index in [4.69, 9.17) is 37.0 Å². The zero-order valence-corrected chi connectivity index (χ0v) is 56.9. The highest BCUT2D eigenvalue weighted by Gasteiger charge is 2.30. The van der Waals surface area contributed by atoms with Crippen LogP contribution >= 0.6 is 15.6 Å². The molecule has 0 aliphatic carbocycles. The average molecular weight is 1270 g/mol. The van der Waals surface area contributed by atoms with Gasteiger partial charge in [0.1, 0.15) is 19.3 Å². The van der Waals surface area contributed by atoms with Crippen LogP contribution < -0.4 is 0 Å². The minimum atomic E-state index is -4.96. The number of phosphoric ester groups is 2. The van der Waals surface area contributed by atoms with Crippen molar-refractivity contribution in [2.24, 2.45) is 11.8 Å². The van der Waals surface area contributed by atoms with Gasteiger partial charge in [-0.2, -0.15) is 0 Å². The van der Waals surface area contributed by atoms with Crippen molar-refractivity contribution >= 4 is 39.5 Å². The van der Waals surface area contributed by atoms with Crippen molar-refractivity contribution in [2.45, 2.75) is 330 Å². The van der Waals surface area contributed by atoms with Gasteiger partial charge in [0.15, 0.2) is 12.2 Å². The van der Waals surface area contributed by atoms with Crippen LogP contribution in [0.25, 0.3) is 0 Å². The Balaban J connectivity index is 5.27. The zero-order chi connectivity index (χ0) is 63.6. The maximum atomic E-state index is 13.0. The monoisotopic (exact) mass is 1260 g/mol. The van der Waals surface area contributed by atoms with E-state index in [-0.39, 0.29) is 25.7 Å². The summed E-state index contributed by atoms with van der Waals surface area (Å²) in [6, 6.07) is 0. The molecule has 0 saturated carbocycles. The van der Waals surface area contributed by atoms with E-state index < -0.39 is 97.5 Å². The molecule has 0 spiro atoms. The smallest absolute Gasteiger partial charge is 0.462 e. The minimum absolute atomic E-state index is 0.0844. The van der Waals surface area contributed by atoms with E-state index in [1.165, 1.54) is 116 Å². The molecule has 0 aromatic heterocycles. The number of unbranched alkanes of at least 4 members (excludes halogenated alkanes) is 31. The lowest BCUT2D eigenvalue weighted by molar-refractivity contribution is -0.161. The van der Waals surface area contributed by atoms with Gasteiger partial charge in [0.05, 0.1) is 26.4 Å². The highest BCUT2D eigenvalue weighted by Crippen LogP contribution is 2.45. The van der Waals surface area contributed by atoms with Crippen molar-refractivity contribution < 1.29 is 80.2 Å². The fraction of sp³-hybridized carbons (Fsp3) is 0.881. The molecule has 0 fully saturated rings. The normalized spacial score (nSPS) is 14.4. The van der Waals surface area contributed by atoms with E-state index in [1.54, 1.807) is 0 Å². The number of rotatable bonds is 64. The first-order valence-corrected chi connectivity index (χ1v) is 37.3. The lowest BCUT2D eigenvalue weighted by Crippen LogP contribution is -2.30. The van der Waals surface area contributed by atoms with Gasteiger partial charge >= 0.3 is 39.5 Å². The fourth-order valence-corrected chi connectivity index (χ4v) is 11.1. The maximum absolute atomic E-state index is 13.0. The molecule has 0 bridgehead atoms. The number of carbonyl (C=O) groups excluding carboxylic acids is 4. The number of ether oxygens (including phenoxy) is 4. The number of esters is 4. The van der Waals surface area contributed by atoms with E-state index >= 15 is 0 Å². The first-order chi connectivity index (χ1) is 41.4. The molecule has 0 heterocycles. The van der Waals surface area contributed by atoms with Gasteiger partial charge in [-0.3, -0.25) is 37.3 Å². The number of carbonyl (C=O) groups is 4. The Morgan fingerprint density at radius 2 is 0.628 bits per heavy atom. The molecule has 506 valence electrons. The molecule has 0 radical (unpaired) electrons. The van der Waals surface area contributed by atoms with Crippen LogP contribution in [-0.2, 0) is 65.4 Å². The quantitative estimate of drug-likeness (QED) is 0.0169. The van der Waals surface area contributed by atoms with Crippen LogP contribution in [0.4, 0.5) is 0 Å². The summed E-state index contributed by atoms with van der Waals surface area (Å²) in [5.74, 6) is -0.741. The summed E-state index contributed by atoms with van der Waals surface area (Å²) in [4.78, 5) is 72.3. The lowest BCUT2D eigenvalue weighted by atomic mass is 10.0. The van der Waals surface area contributed by atoms with Crippen LogP contribution in [0.2, 0.25) is 0 Å². The van der Waals surface area contributed by atoms with Crippen molar-refractivity contribution in [1.82, 2.24) is 0 Å².